The fourth-order valence-corrected chi connectivity index (χ4v) is 3.99. The van der Waals surface area contributed by atoms with Gasteiger partial charge in [0.05, 0.1) is 17.7 Å². The molecule has 1 fully saturated rings. The lowest BCUT2D eigenvalue weighted by atomic mass is 9.82. The van der Waals surface area contributed by atoms with Crippen LogP contribution in [0, 0.1) is 5.82 Å². The first kappa shape index (κ1) is 13.8. The van der Waals surface area contributed by atoms with Crippen LogP contribution in [0.5, 0.6) is 0 Å². The maximum absolute atomic E-state index is 13.6. The van der Waals surface area contributed by atoms with Crippen LogP contribution in [-0.2, 0) is 11.2 Å². The zero-order valence-electron chi connectivity index (χ0n) is 12.2. The minimum absolute atomic E-state index is 0.101. The second-order valence-electron chi connectivity index (χ2n) is 6.27. The molecule has 2 aliphatic rings. The van der Waals surface area contributed by atoms with Gasteiger partial charge in [-0.3, -0.25) is 0 Å². The Hall–Kier alpha value is -1.13. The first-order valence-corrected chi connectivity index (χ1v) is 7.46. The van der Waals surface area contributed by atoms with Gasteiger partial charge in [-0.25, -0.2) is 4.39 Å². The van der Waals surface area contributed by atoms with Gasteiger partial charge in [-0.05, 0) is 50.8 Å². The van der Waals surface area contributed by atoms with Gasteiger partial charge >= 0.3 is 0 Å². The molecule has 0 amide bonds. The summed E-state index contributed by atoms with van der Waals surface area (Å²) in [5.74, 6) is -0.170. The molecule has 2 aliphatic heterocycles. The van der Waals surface area contributed by atoms with Crippen molar-refractivity contribution in [3.63, 3.8) is 0 Å². The molecule has 1 aromatic carbocycles. The van der Waals surface area contributed by atoms with Gasteiger partial charge in [-0.15, -0.1) is 0 Å². The van der Waals surface area contributed by atoms with Gasteiger partial charge in [0.25, 0.3) is 0 Å². The second kappa shape index (κ2) is 5.01. The number of nitrogens with two attached hydrogens (primary N) is 1. The second-order valence-corrected chi connectivity index (χ2v) is 6.27. The molecule has 0 radical (unpaired) electrons. The molecule has 1 aromatic rings. The zero-order chi connectivity index (χ0) is 14.3. The monoisotopic (exact) mass is 278 g/mol. The van der Waals surface area contributed by atoms with E-state index in [-0.39, 0.29) is 23.6 Å². The Balaban J connectivity index is 1.97. The van der Waals surface area contributed by atoms with Crippen LogP contribution in [0.1, 0.15) is 32.3 Å². The third-order valence-electron chi connectivity index (χ3n) is 4.69. The molecular formula is C16H23FN2O. The summed E-state index contributed by atoms with van der Waals surface area (Å²) in [7, 11) is 0. The highest BCUT2D eigenvalue weighted by Gasteiger charge is 2.44. The fraction of sp³-hybridized carbons (Fsp3) is 0.625. The van der Waals surface area contributed by atoms with Gasteiger partial charge in [0.1, 0.15) is 5.82 Å². The SMILES string of the molecule is CC1CC(CN)(N2CCc3ccc(F)cc32)CC(C)O1. The summed E-state index contributed by atoms with van der Waals surface area (Å²) in [5.41, 5.74) is 8.30. The summed E-state index contributed by atoms with van der Waals surface area (Å²) in [6, 6.07) is 5.11. The molecule has 2 unspecified atom stereocenters. The van der Waals surface area contributed by atoms with E-state index in [1.54, 1.807) is 12.1 Å². The average Bonchev–Trinajstić information content (AvgIpc) is 2.80. The molecule has 1 saturated heterocycles. The van der Waals surface area contributed by atoms with Gasteiger partial charge in [-0.1, -0.05) is 6.07 Å². The summed E-state index contributed by atoms with van der Waals surface area (Å²) in [4.78, 5) is 2.33. The van der Waals surface area contributed by atoms with Crippen LogP contribution >= 0.6 is 0 Å². The topological polar surface area (TPSA) is 38.5 Å². The Labute approximate surface area is 119 Å². The third-order valence-corrected chi connectivity index (χ3v) is 4.69. The van der Waals surface area contributed by atoms with E-state index in [4.69, 9.17) is 10.5 Å². The van der Waals surface area contributed by atoms with E-state index in [9.17, 15) is 4.39 Å². The Morgan fingerprint density at radius 3 is 2.70 bits per heavy atom. The molecule has 0 aliphatic carbocycles. The molecule has 0 spiro atoms. The summed E-state index contributed by atoms with van der Waals surface area (Å²) in [5, 5.41) is 0. The lowest BCUT2D eigenvalue weighted by molar-refractivity contribution is -0.0597. The number of benzene rings is 1. The van der Waals surface area contributed by atoms with Crippen molar-refractivity contribution in [1.82, 2.24) is 0 Å². The Morgan fingerprint density at radius 2 is 2.05 bits per heavy atom. The van der Waals surface area contributed by atoms with Crippen LogP contribution in [-0.4, -0.2) is 30.8 Å². The average molecular weight is 278 g/mol. The van der Waals surface area contributed by atoms with E-state index in [1.807, 2.05) is 6.07 Å². The molecule has 2 atom stereocenters. The molecule has 3 nitrogen and oxygen atoms in total. The fourth-order valence-electron chi connectivity index (χ4n) is 3.99. The van der Waals surface area contributed by atoms with E-state index in [2.05, 4.69) is 18.7 Å². The van der Waals surface area contributed by atoms with Gasteiger partial charge in [0, 0.05) is 18.8 Å². The Bertz CT molecular complexity index is 495. The summed E-state index contributed by atoms with van der Waals surface area (Å²) in [6.45, 7) is 5.71. The smallest absolute Gasteiger partial charge is 0.125 e. The number of anilines is 1. The number of hydrogen-bond acceptors (Lipinski definition) is 3. The van der Waals surface area contributed by atoms with E-state index in [0.29, 0.717) is 6.54 Å². The van der Waals surface area contributed by atoms with Gasteiger partial charge in [0.2, 0.25) is 0 Å². The van der Waals surface area contributed by atoms with Crippen molar-refractivity contribution in [3.05, 3.63) is 29.6 Å². The highest BCUT2D eigenvalue weighted by molar-refractivity contribution is 5.60. The highest BCUT2D eigenvalue weighted by Crippen LogP contribution is 2.41. The quantitative estimate of drug-likeness (QED) is 0.903. The van der Waals surface area contributed by atoms with E-state index < -0.39 is 0 Å². The lowest BCUT2D eigenvalue weighted by Gasteiger charge is -2.49. The number of rotatable bonds is 2. The minimum atomic E-state index is -0.170. The van der Waals surface area contributed by atoms with Crippen molar-refractivity contribution in [2.24, 2.45) is 5.73 Å². The van der Waals surface area contributed by atoms with Crippen molar-refractivity contribution < 1.29 is 9.13 Å². The maximum atomic E-state index is 13.6. The molecule has 20 heavy (non-hydrogen) atoms. The maximum Gasteiger partial charge on any atom is 0.125 e. The summed E-state index contributed by atoms with van der Waals surface area (Å²) < 4.78 is 19.5. The van der Waals surface area contributed by atoms with Crippen molar-refractivity contribution in [2.75, 3.05) is 18.0 Å². The largest absolute Gasteiger partial charge is 0.375 e. The highest BCUT2D eigenvalue weighted by atomic mass is 19.1. The number of nitrogens with zero attached hydrogens (tertiary/aromatic N) is 1. The standard InChI is InChI=1S/C16H23FN2O/c1-11-8-16(10-18,9-12(2)20-11)19-6-5-13-3-4-14(17)7-15(13)19/h3-4,7,11-12H,5-6,8-10,18H2,1-2H3. The molecule has 110 valence electrons. The van der Waals surface area contributed by atoms with Crippen molar-refractivity contribution in [2.45, 2.75) is 50.9 Å². The number of halogens is 1. The summed E-state index contributed by atoms with van der Waals surface area (Å²) >= 11 is 0. The van der Waals surface area contributed by atoms with E-state index in [1.165, 1.54) is 5.56 Å². The van der Waals surface area contributed by atoms with Crippen LogP contribution in [0.3, 0.4) is 0 Å². The molecule has 4 heteroatoms. The van der Waals surface area contributed by atoms with Crippen molar-refractivity contribution in [1.29, 1.82) is 0 Å². The molecular weight excluding hydrogens is 255 g/mol. The van der Waals surface area contributed by atoms with Crippen molar-refractivity contribution in [3.8, 4) is 0 Å². The first-order valence-electron chi connectivity index (χ1n) is 7.46. The van der Waals surface area contributed by atoms with Gasteiger partial charge < -0.3 is 15.4 Å². The number of ether oxygens (including phenoxy) is 1. The van der Waals surface area contributed by atoms with Gasteiger partial charge in [0.15, 0.2) is 0 Å². The molecule has 2 heterocycles. The lowest BCUT2D eigenvalue weighted by Crippen LogP contribution is -2.59. The molecule has 3 rings (SSSR count). The Morgan fingerprint density at radius 1 is 1.35 bits per heavy atom. The van der Waals surface area contributed by atoms with Crippen molar-refractivity contribution >= 4 is 5.69 Å². The normalized spacial score (nSPS) is 33.3. The minimum Gasteiger partial charge on any atom is -0.375 e. The van der Waals surface area contributed by atoms with Crippen LogP contribution in [0.2, 0.25) is 0 Å². The van der Waals surface area contributed by atoms with Crippen LogP contribution < -0.4 is 10.6 Å². The molecule has 0 bridgehead atoms. The first-order chi connectivity index (χ1) is 9.54. The van der Waals surface area contributed by atoms with E-state index in [0.717, 1.165) is 31.5 Å². The van der Waals surface area contributed by atoms with Gasteiger partial charge in [-0.2, -0.15) is 0 Å². The molecule has 0 aromatic heterocycles. The predicted molar refractivity (Wildman–Crippen MR) is 78.5 cm³/mol. The number of hydrogen-bond donors (Lipinski definition) is 1. The predicted octanol–water partition coefficient (Wildman–Crippen LogP) is 2.47. The molecule has 2 N–H and O–H groups in total. The summed E-state index contributed by atoms with van der Waals surface area (Å²) in [6.07, 6.45) is 3.17. The zero-order valence-corrected chi connectivity index (χ0v) is 12.2. The van der Waals surface area contributed by atoms with Crippen LogP contribution in [0.4, 0.5) is 10.1 Å². The van der Waals surface area contributed by atoms with Crippen LogP contribution in [0.25, 0.3) is 0 Å². The van der Waals surface area contributed by atoms with Crippen LogP contribution in [0.15, 0.2) is 18.2 Å². The molecule has 0 saturated carbocycles. The number of fused-ring (bicyclic) bond motifs is 1. The Kier molecular flexibility index (Phi) is 3.46. The third kappa shape index (κ3) is 2.21. The van der Waals surface area contributed by atoms with E-state index >= 15 is 0 Å².